The molecular weight excluding hydrogens is 318 g/mol. The number of thiophene rings is 1. The molecule has 0 radical (unpaired) electrons. The Kier molecular flexibility index (Phi) is 3.87. The van der Waals surface area contributed by atoms with Crippen molar-refractivity contribution in [1.82, 2.24) is 24.6 Å². The standard InChI is InChI=1S/C14H15N5O3S/c1-3-15-9(20)7-18-12(21)10-8(2)13(19-6-4-5-16-19)23-11(10)17-14(18)22/h4-6H,3,7H2,1-2H3,(H,15,20)(H,17,22). The Bertz CT molecular complexity index is 980. The van der Waals surface area contributed by atoms with E-state index in [1.807, 2.05) is 0 Å². The summed E-state index contributed by atoms with van der Waals surface area (Å²) in [5.41, 5.74) is -0.344. The van der Waals surface area contributed by atoms with Gasteiger partial charge in [-0.05, 0) is 19.9 Å². The van der Waals surface area contributed by atoms with Gasteiger partial charge in [0, 0.05) is 24.5 Å². The molecule has 0 saturated heterocycles. The first-order chi connectivity index (χ1) is 11.0. The summed E-state index contributed by atoms with van der Waals surface area (Å²) in [6.07, 6.45) is 3.41. The van der Waals surface area contributed by atoms with Crippen molar-refractivity contribution in [3.63, 3.8) is 0 Å². The van der Waals surface area contributed by atoms with Crippen molar-refractivity contribution in [3.05, 3.63) is 44.9 Å². The van der Waals surface area contributed by atoms with Gasteiger partial charge < -0.3 is 5.32 Å². The number of rotatable bonds is 4. The normalized spacial score (nSPS) is 11.0. The molecule has 3 aromatic heterocycles. The highest BCUT2D eigenvalue weighted by atomic mass is 32.1. The number of aryl methyl sites for hydroxylation is 1. The Morgan fingerprint density at radius 2 is 2.22 bits per heavy atom. The Labute approximate surface area is 134 Å². The molecule has 1 amide bonds. The minimum absolute atomic E-state index is 0.301. The van der Waals surface area contributed by atoms with Crippen LogP contribution >= 0.6 is 11.3 Å². The predicted octanol–water partition coefficient (Wildman–Crippen LogP) is 0.382. The van der Waals surface area contributed by atoms with E-state index in [1.54, 1.807) is 37.0 Å². The number of hydrogen-bond donors (Lipinski definition) is 2. The van der Waals surface area contributed by atoms with Crippen LogP contribution < -0.4 is 16.6 Å². The Morgan fingerprint density at radius 1 is 1.43 bits per heavy atom. The van der Waals surface area contributed by atoms with Crippen LogP contribution in [0.5, 0.6) is 0 Å². The van der Waals surface area contributed by atoms with E-state index in [2.05, 4.69) is 15.4 Å². The molecule has 3 heterocycles. The lowest BCUT2D eigenvalue weighted by Crippen LogP contribution is -2.40. The number of amides is 1. The monoisotopic (exact) mass is 333 g/mol. The second kappa shape index (κ2) is 5.84. The van der Waals surface area contributed by atoms with Crippen molar-refractivity contribution in [2.75, 3.05) is 6.54 Å². The van der Waals surface area contributed by atoms with Crippen LogP contribution in [0, 0.1) is 6.92 Å². The van der Waals surface area contributed by atoms with Crippen LogP contribution in [-0.2, 0) is 11.3 Å². The fraction of sp³-hybridized carbons (Fsp3) is 0.286. The van der Waals surface area contributed by atoms with Gasteiger partial charge in [0.25, 0.3) is 5.56 Å². The number of H-pyrrole nitrogens is 1. The minimum Gasteiger partial charge on any atom is -0.355 e. The van der Waals surface area contributed by atoms with E-state index in [4.69, 9.17) is 0 Å². The average molecular weight is 333 g/mol. The van der Waals surface area contributed by atoms with Crippen LogP contribution in [-0.4, -0.2) is 31.8 Å². The maximum atomic E-state index is 12.6. The number of likely N-dealkylation sites (N-methyl/N-ethyl adjacent to an activating group) is 1. The van der Waals surface area contributed by atoms with Gasteiger partial charge in [0.15, 0.2) is 0 Å². The first-order valence-electron chi connectivity index (χ1n) is 7.05. The fourth-order valence-electron chi connectivity index (χ4n) is 2.39. The van der Waals surface area contributed by atoms with E-state index in [1.165, 1.54) is 11.3 Å². The zero-order valence-electron chi connectivity index (χ0n) is 12.6. The highest BCUT2D eigenvalue weighted by molar-refractivity contribution is 7.21. The molecule has 9 heteroatoms. The topological polar surface area (TPSA) is 102 Å². The minimum atomic E-state index is -0.595. The van der Waals surface area contributed by atoms with Gasteiger partial charge in [-0.15, -0.1) is 0 Å². The Hall–Kier alpha value is -2.68. The van der Waals surface area contributed by atoms with Crippen molar-refractivity contribution < 1.29 is 4.79 Å². The average Bonchev–Trinajstić information content (AvgIpc) is 3.12. The molecule has 0 fully saturated rings. The molecule has 0 spiro atoms. The lowest BCUT2D eigenvalue weighted by atomic mass is 10.2. The maximum absolute atomic E-state index is 12.6. The molecule has 0 aliphatic rings. The van der Waals surface area contributed by atoms with Crippen molar-refractivity contribution in [2.45, 2.75) is 20.4 Å². The summed E-state index contributed by atoms with van der Waals surface area (Å²) >= 11 is 1.28. The summed E-state index contributed by atoms with van der Waals surface area (Å²) in [5.74, 6) is -0.375. The third-order valence-corrected chi connectivity index (χ3v) is 4.63. The Balaban J connectivity index is 2.19. The lowest BCUT2D eigenvalue weighted by molar-refractivity contribution is -0.121. The van der Waals surface area contributed by atoms with Crippen LogP contribution in [0.3, 0.4) is 0 Å². The van der Waals surface area contributed by atoms with Crippen LogP contribution in [0.15, 0.2) is 28.0 Å². The van der Waals surface area contributed by atoms with Crippen molar-refractivity contribution in [1.29, 1.82) is 0 Å². The SMILES string of the molecule is CCNC(=O)Cn1c(=O)[nH]c2sc(-n3cccn3)c(C)c2c1=O. The van der Waals surface area contributed by atoms with Gasteiger partial charge in [0.05, 0.1) is 5.39 Å². The summed E-state index contributed by atoms with van der Waals surface area (Å²) in [7, 11) is 0. The van der Waals surface area contributed by atoms with Crippen LogP contribution in [0.4, 0.5) is 0 Å². The van der Waals surface area contributed by atoms with Crippen LogP contribution in [0.1, 0.15) is 12.5 Å². The summed E-state index contributed by atoms with van der Waals surface area (Å²) < 4.78 is 2.56. The van der Waals surface area contributed by atoms with Crippen LogP contribution in [0.25, 0.3) is 15.2 Å². The van der Waals surface area contributed by atoms with Crippen LogP contribution in [0.2, 0.25) is 0 Å². The first-order valence-corrected chi connectivity index (χ1v) is 7.87. The highest BCUT2D eigenvalue weighted by Gasteiger charge is 2.18. The fourth-order valence-corrected chi connectivity index (χ4v) is 3.52. The van der Waals surface area contributed by atoms with Crippen molar-refractivity contribution in [3.8, 4) is 5.00 Å². The second-order valence-corrected chi connectivity index (χ2v) is 5.96. The number of hydrogen-bond acceptors (Lipinski definition) is 5. The van der Waals surface area contributed by atoms with Gasteiger partial charge in [-0.2, -0.15) is 5.10 Å². The lowest BCUT2D eigenvalue weighted by Gasteiger charge is -2.05. The molecule has 8 nitrogen and oxygen atoms in total. The number of aromatic nitrogens is 4. The Morgan fingerprint density at radius 3 is 2.87 bits per heavy atom. The molecule has 0 bridgehead atoms. The van der Waals surface area contributed by atoms with E-state index in [0.717, 1.165) is 15.1 Å². The number of nitrogens with zero attached hydrogens (tertiary/aromatic N) is 3. The third-order valence-electron chi connectivity index (χ3n) is 3.43. The van der Waals surface area contributed by atoms with Gasteiger partial charge in [-0.1, -0.05) is 11.3 Å². The molecule has 0 unspecified atom stereocenters. The largest absolute Gasteiger partial charge is 0.355 e. The van der Waals surface area contributed by atoms with E-state index < -0.39 is 11.2 Å². The van der Waals surface area contributed by atoms with Gasteiger partial charge >= 0.3 is 5.69 Å². The molecule has 120 valence electrons. The second-order valence-electron chi connectivity index (χ2n) is 4.96. The molecular formula is C14H15N5O3S. The molecule has 0 aliphatic heterocycles. The molecule has 23 heavy (non-hydrogen) atoms. The third kappa shape index (κ3) is 2.59. The smallest absolute Gasteiger partial charge is 0.329 e. The zero-order valence-corrected chi connectivity index (χ0v) is 13.4. The van der Waals surface area contributed by atoms with Crippen molar-refractivity contribution >= 4 is 27.5 Å². The van der Waals surface area contributed by atoms with Crippen molar-refractivity contribution in [2.24, 2.45) is 0 Å². The number of carbonyl (C=O) groups excluding carboxylic acids is 1. The molecule has 0 atom stereocenters. The summed E-state index contributed by atoms with van der Waals surface area (Å²) in [6, 6.07) is 1.78. The number of carbonyl (C=O) groups is 1. The van der Waals surface area contributed by atoms with Gasteiger partial charge in [-0.3, -0.25) is 19.1 Å². The van der Waals surface area contributed by atoms with E-state index in [0.29, 0.717) is 16.8 Å². The van der Waals surface area contributed by atoms with E-state index in [9.17, 15) is 14.4 Å². The quantitative estimate of drug-likeness (QED) is 0.720. The number of aromatic amines is 1. The maximum Gasteiger partial charge on any atom is 0.329 e. The molecule has 2 N–H and O–H groups in total. The summed E-state index contributed by atoms with van der Waals surface area (Å²) in [6.45, 7) is 3.71. The van der Waals surface area contributed by atoms with Gasteiger partial charge in [-0.25, -0.2) is 9.48 Å². The van der Waals surface area contributed by atoms with E-state index in [-0.39, 0.29) is 12.5 Å². The molecule has 3 aromatic rings. The predicted molar refractivity (Wildman–Crippen MR) is 87.2 cm³/mol. The highest BCUT2D eigenvalue weighted by Crippen LogP contribution is 2.28. The first kappa shape index (κ1) is 15.2. The number of nitrogens with one attached hydrogen (secondary N) is 2. The van der Waals surface area contributed by atoms with E-state index >= 15 is 0 Å². The zero-order chi connectivity index (χ0) is 16.6. The van der Waals surface area contributed by atoms with Gasteiger partial charge in [0.2, 0.25) is 5.91 Å². The number of fused-ring (bicyclic) bond motifs is 1. The molecule has 3 rings (SSSR count). The summed E-state index contributed by atoms with van der Waals surface area (Å²) in [4.78, 5) is 39.6. The summed E-state index contributed by atoms with van der Waals surface area (Å²) in [5, 5.41) is 7.89. The van der Waals surface area contributed by atoms with Gasteiger partial charge in [0.1, 0.15) is 16.4 Å². The molecule has 0 saturated carbocycles. The molecule has 0 aliphatic carbocycles. The molecule has 0 aromatic carbocycles.